The van der Waals surface area contributed by atoms with E-state index >= 15 is 0 Å². The summed E-state index contributed by atoms with van der Waals surface area (Å²) in [6.07, 6.45) is 0. The van der Waals surface area contributed by atoms with Crippen molar-refractivity contribution in [3.8, 4) is 33.4 Å². The molecule has 1 aliphatic heterocycles. The molecule has 0 aromatic heterocycles. The Balaban J connectivity index is 1.11. The van der Waals surface area contributed by atoms with Crippen molar-refractivity contribution in [1.29, 1.82) is 0 Å². The van der Waals surface area contributed by atoms with Crippen LogP contribution in [0.5, 0.6) is 0 Å². The third-order valence-electron chi connectivity index (χ3n) is 13.6. The lowest BCUT2D eigenvalue weighted by Crippen LogP contribution is -2.32. The smallest absolute Gasteiger partial charge is 0.0781 e. The first-order valence-corrected chi connectivity index (χ1v) is 22.6. The van der Waals surface area contributed by atoms with Gasteiger partial charge in [0.15, 0.2) is 0 Å². The van der Waals surface area contributed by atoms with E-state index in [4.69, 9.17) is 0 Å². The van der Waals surface area contributed by atoms with Gasteiger partial charge < -0.3 is 9.80 Å². The number of rotatable bonds is 7. The number of anilines is 6. The predicted molar refractivity (Wildman–Crippen MR) is 277 cm³/mol. The Bertz CT molecular complexity index is 3560. The van der Waals surface area contributed by atoms with Gasteiger partial charge in [0, 0.05) is 22.2 Å². The first-order chi connectivity index (χ1) is 32.0. The largest absolute Gasteiger partial charge is 0.308 e. The fourth-order valence-electron chi connectivity index (χ4n) is 10.5. The van der Waals surface area contributed by atoms with Crippen molar-refractivity contribution < 1.29 is 0 Å². The molecule has 65 heavy (non-hydrogen) atoms. The number of hydrogen-bond acceptors (Lipinski definition) is 2. The van der Waals surface area contributed by atoms with Gasteiger partial charge in [0.05, 0.1) is 22.7 Å². The zero-order valence-electron chi connectivity index (χ0n) is 36.5. The van der Waals surface area contributed by atoms with Gasteiger partial charge in [0.2, 0.25) is 0 Å². The Morgan fingerprint density at radius 2 is 0.877 bits per heavy atom. The van der Waals surface area contributed by atoms with Crippen LogP contribution in [-0.4, -0.2) is 0 Å². The molecule has 11 aromatic rings. The summed E-state index contributed by atoms with van der Waals surface area (Å²) in [7, 11) is 0. The van der Waals surface area contributed by atoms with Crippen LogP contribution in [0.2, 0.25) is 0 Å². The van der Waals surface area contributed by atoms with Crippen LogP contribution >= 0.6 is 0 Å². The summed E-state index contributed by atoms with van der Waals surface area (Å²) in [5.41, 5.74) is 16.3. The third kappa shape index (κ3) is 6.49. The van der Waals surface area contributed by atoms with Crippen LogP contribution in [0, 0.1) is 0 Å². The number of fused-ring (bicyclic) bond motifs is 5. The third-order valence-corrected chi connectivity index (χ3v) is 13.6. The monoisotopic (exact) mass is 830 g/mol. The molecule has 0 aliphatic carbocycles. The number of para-hydroxylation sites is 1. The van der Waals surface area contributed by atoms with Gasteiger partial charge in [0.25, 0.3) is 0 Å². The lowest BCUT2D eigenvalue weighted by atomic mass is 9.70. The van der Waals surface area contributed by atoms with Gasteiger partial charge in [-0.3, -0.25) is 0 Å². The quantitative estimate of drug-likeness (QED) is 0.158. The summed E-state index contributed by atoms with van der Waals surface area (Å²) in [5, 5.41) is 7.34. The molecule has 12 rings (SSSR count). The standard InChI is InChI=1S/C63H46N2/c1-63(2)57-27-12-13-28-58(57)65(59-29-15-26-55(61(59)63)50-31-30-44-18-6-7-21-49(44)42-50)62-56-24-11-9-20-47(56)36-41-60(62)64(51-37-32-45(33-38-51)43-16-4-3-5-17-43)52-39-34-48(35-40-52)54-25-14-22-46-19-8-10-23-53(46)54/h3-42H,1-2H3. The van der Waals surface area contributed by atoms with Gasteiger partial charge in [-0.15, -0.1) is 0 Å². The topological polar surface area (TPSA) is 6.48 Å². The predicted octanol–water partition coefficient (Wildman–Crippen LogP) is 17.7. The second-order valence-corrected chi connectivity index (χ2v) is 17.7. The van der Waals surface area contributed by atoms with Crippen LogP contribution in [0.25, 0.3) is 65.7 Å². The van der Waals surface area contributed by atoms with Gasteiger partial charge >= 0.3 is 0 Å². The van der Waals surface area contributed by atoms with E-state index in [9.17, 15) is 0 Å². The Kier molecular flexibility index (Phi) is 9.21. The molecule has 0 fully saturated rings. The normalized spacial score (nSPS) is 12.9. The summed E-state index contributed by atoms with van der Waals surface area (Å²) in [6.45, 7) is 4.79. The number of hydrogen-bond donors (Lipinski definition) is 0. The number of benzene rings is 11. The highest BCUT2D eigenvalue weighted by molar-refractivity contribution is 6.09. The molecule has 0 saturated carbocycles. The molecule has 0 radical (unpaired) electrons. The van der Waals surface area contributed by atoms with E-state index in [0.29, 0.717) is 0 Å². The van der Waals surface area contributed by atoms with Crippen molar-refractivity contribution >= 4 is 66.4 Å². The van der Waals surface area contributed by atoms with Crippen LogP contribution < -0.4 is 9.80 Å². The Labute approximate surface area is 380 Å². The van der Waals surface area contributed by atoms with Crippen molar-refractivity contribution in [3.63, 3.8) is 0 Å². The zero-order chi connectivity index (χ0) is 43.5. The first-order valence-electron chi connectivity index (χ1n) is 22.6. The van der Waals surface area contributed by atoms with Crippen LogP contribution in [0.4, 0.5) is 34.1 Å². The molecule has 1 aliphatic rings. The highest BCUT2D eigenvalue weighted by Gasteiger charge is 2.40. The second-order valence-electron chi connectivity index (χ2n) is 17.7. The maximum atomic E-state index is 2.56. The molecule has 0 bridgehead atoms. The van der Waals surface area contributed by atoms with E-state index in [2.05, 4.69) is 266 Å². The van der Waals surface area contributed by atoms with E-state index in [1.54, 1.807) is 0 Å². The van der Waals surface area contributed by atoms with Crippen LogP contribution in [-0.2, 0) is 5.41 Å². The minimum Gasteiger partial charge on any atom is -0.308 e. The molecule has 0 atom stereocenters. The van der Waals surface area contributed by atoms with Crippen molar-refractivity contribution in [2.75, 3.05) is 9.80 Å². The average Bonchev–Trinajstić information content (AvgIpc) is 3.37. The summed E-state index contributed by atoms with van der Waals surface area (Å²) >= 11 is 0. The highest BCUT2D eigenvalue weighted by Crippen LogP contribution is 2.58. The highest BCUT2D eigenvalue weighted by atomic mass is 15.2. The van der Waals surface area contributed by atoms with Gasteiger partial charge in [-0.05, 0) is 120 Å². The lowest BCUT2D eigenvalue weighted by molar-refractivity contribution is 0.634. The Hall–Kier alpha value is -8.20. The van der Waals surface area contributed by atoms with Gasteiger partial charge in [0.1, 0.15) is 0 Å². The SMILES string of the molecule is CC1(C)c2ccccc2N(c2c(N(c3ccc(-c4ccccc4)cc3)c3ccc(-c4cccc5ccccc45)cc3)ccc3ccccc23)c2cccc(-c3ccc4ccccc4c3)c21. The fraction of sp³-hybridized carbons (Fsp3) is 0.0476. The van der Waals surface area contributed by atoms with Crippen LogP contribution in [0.15, 0.2) is 243 Å². The van der Waals surface area contributed by atoms with Crippen molar-refractivity contribution in [2.45, 2.75) is 19.3 Å². The number of nitrogens with zero attached hydrogens (tertiary/aromatic N) is 2. The van der Waals surface area contributed by atoms with Crippen LogP contribution in [0.3, 0.4) is 0 Å². The van der Waals surface area contributed by atoms with Crippen molar-refractivity contribution in [2.24, 2.45) is 0 Å². The molecule has 0 amide bonds. The summed E-state index contributed by atoms with van der Waals surface area (Å²) < 4.78 is 0. The molecule has 2 heteroatoms. The maximum Gasteiger partial charge on any atom is 0.0781 e. The van der Waals surface area contributed by atoms with Crippen LogP contribution in [0.1, 0.15) is 25.0 Å². The van der Waals surface area contributed by atoms with E-state index in [1.807, 2.05) is 0 Å². The first kappa shape index (κ1) is 38.5. The Morgan fingerprint density at radius 1 is 0.354 bits per heavy atom. The minimum absolute atomic E-state index is 0.306. The average molecular weight is 831 g/mol. The van der Waals surface area contributed by atoms with E-state index in [0.717, 1.165) is 22.7 Å². The van der Waals surface area contributed by atoms with E-state index in [-0.39, 0.29) is 5.41 Å². The zero-order valence-corrected chi connectivity index (χ0v) is 36.5. The van der Waals surface area contributed by atoms with Crippen molar-refractivity contribution in [1.82, 2.24) is 0 Å². The molecule has 1 heterocycles. The molecule has 0 spiro atoms. The minimum atomic E-state index is -0.306. The van der Waals surface area contributed by atoms with E-state index in [1.165, 1.54) is 88.2 Å². The molecule has 0 saturated heterocycles. The molecular weight excluding hydrogens is 785 g/mol. The summed E-state index contributed by atoms with van der Waals surface area (Å²) in [6, 6.07) is 89.1. The van der Waals surface area contributed by atoms with Gasteiger partial charge in [-0.25, -0.2) is 0 Å². The molecule has 308 valence electrons. The Morgan fingerprint density at radius 3 is 1.65 bits per heavy atom. The van der Waals surface area contributed by atoms with Crippen molar-refractivity contribution in [3.05, 3.63) is 254 Å². The van der Waals surface area contributed by atoms with E-state index < -0.39 is 0 Å². The lowest BCUT2D eigenvalue weighted by Gasteiger charge is -2.44. The summed E-state index contributed by atoms with van der Waals surface area (Å²) in [4.78, 5) is 5.02. The molecule has 0 unspecified atom stereocenters. The molecule has 11 aromatic carbocycles. The molecule has 2 nitrogen and oxygen atoms in total. The fourth-order valence-corrected chi connectivity index (χ4v) is 10.5. The van der Waals surface area contributed by atoms with Gasteiger partial charge in [-0.2, -0.15) is 0 Å². The molecule has 0 N–H and O–H groups in total. The van der Waals surface area contributed by atoms with Gasteiger partial charge in [-0.1, -0.05) is 208 Å². The molecular formula is C63H46N2. The summed E-state index contributed by atoms with van der Waals surface area (Å²) in [5.74, 6) is 0. The maximum absolute atomic E-state index is 2.56. The second kappa shape index (κ2) is 15.6.